The highest BCUT2D eigenvalue weighted by atomic mass is 31.2. The lowest BCUT2D eigenvalue weighted by Gasteiger charge is -2.26. The second-order valence-electron chi connectivity index (χ2n) is 5.94. The Morgan fingerprint density at radius 3 is 2.26 bits per heavy atom. The van der Waals surface area contributed by atoms with E-state index >= 15 is 0 Å². The third-order valence-electron chi connectivity index (χ3n) is 3.99. The van der Waals surface area contributed by atoms with Crippen LogP contribution in [-0.4, -0.2) is 43.5 Å². The van der Waals surface area contributed by atoms with Crippen molar-refractivity contribution in [2.45, 2.75) is 59.3 Å². The van der Waals surface area contributed by atoms with Gasteiger partial charge in [0.25, 0.3) is 0 Å². The predicted octanol–water partition coefficient (Wildman–Crippen LogP) is 4.00. The second-order valence-corrected chi connectivity index (χ2v) is 8.13. The van der Waals surface area contributed by atoms with Crippen LogP contribution in [-0.2, 0) is 23.2 Å². The largest absolute Gasteiger partial charge is 0.330 e. The van der Waals surface area contributed by atoms with E-state index in [9.17, 15) is 9.36 Å². The fourth-order valence-corrected chi connectivity index (χ4v) is 4.48. The van der Waals surface area contributed by atoms with Crippen LogP contribution in [0.25, 0.3) is 0 Å². The van der Waals surface area contributed by atoms with Gasteiger partial charge in [-0.15, -0.1) is 0 Å². The molecule has 0 aromatic carbocycles. The summed E-state index contributed by atoms with van der Waals surface area (Å²) in [6.45, 7) is 6.78. The molecular weight excluding hydrogens is 317 g/mol. The zero-order valence-corrected chi connectivity index (χ0v) is 15.7. The van der Waals surface area contributed by atoms with Crippen LogP contribution >= 0.6 is 7.60 Å². The molecule has 7 heteroatoms. The summed E-state index contributed by atoms with van der Waals surface area (Å²) in [7, 11) is -3.04. The molecule has 1 fully saturated rings. The lowest BCUT2D eigenvalue weighted by molar-refractivity contribution is -0.190. The van der Waals surface area contributed by atoms with Crippen LogP contribution in [0, 0.1) is 5.92 Å². The molecule has 0 saturated heterocycles. The smallest absolute Gasteiger partial charge is 0.309 e. The second kappa shape index (κ2) is 11.2. The van der Waals surface area contributed by atoms with Crippen molar-refractivity contribution in [2.75, 3.05) is 32.5 Å². The van der Waals surface area contributed by atoms with Crippen molar-refractivity contribution in [1.29, 1.82) is 0 Å². The Morgan fingerprint density at radius 2 is 1.74 bits per heavy atom. The third-order valence-corrected chi connectivity index (χ3v) is 6.15. The van der Waals surface area contributed by atoms with Crippen molar-refractivity contribution in [3.63, 3.8) is 0 Å². The molecule has 1 aliphatic carbocycles. The fraction of sp³-hybridized carbons (Fsp3) is 0.938. The molecule has 0 spiro atoms. The van der Waals surface area contributed by atoms with Gasteiger partial charge >= 0.3 is 7.60 Å². The van der Waals surface area contributed by atoms with Gasteiger partial charge in [0.15, 0.2) is 0 Å². The zero-order chi connectivity index (χ0) is 17.1. The quantitative estimate of drug-likeness (QED) is 0.417. The van der Waals surface area contributed by atoms with Crippen molar-refractivity contribution < 1.29 is 23.2 Å². The van der Waals surface area contributed by atoms with E-state index in [2.05, 4.69) is 0 Å². The Bertz CT molecular complexity index is 375. The van der Waals surface area contributed by atoms with E-state index in [-0.39, 0.29) is 5.91 Å². The van der Waals surface area contributed by atoms with E-state index < -0.39 is 7.60 Å². The lowest BCUT2D eigenvalue weighted by Crippen LogP contribution is -2.32. The number of carbonyl (C=O) groups excluding carboxylic acids is 1. The predicted molar refractivity (Wildman–Crippen MR) is 90.3 cm³/mol. The highest BCUT2D eigenvalue weighted by Crippen LogP contribution is 2.48. The lowest BCUT2D eigenvalue weighted by atomic mass is 9.90. The average Bonchev–Trinajstić information content (AvgIpc) is 2.51. The summed E-state index contributed by atoms with van der Waals surface area (Å²) >= 11 is 0. The topological polar surface area (TPSA) is 65.1 Å². The van der Waals surface area contributed by atoms with Crippen molar-refractivity contribution in [3.05, 3.63) is 0 Å². The van der Waals surface area contributed by atoms with Gasteiger partial charge in [-0.2, -0.15) is 0 Å². The molecule has 0 N–H and O–H groups in total. The maximum atomic E-state index is 12.4. The Morgan fingerprint density at radius 1 is 1.13 bits per heavy atom. The number of rotatable bonds is 11. The molecular formula is C16H32NO5P. The van der Waals surface area contributed by atoms with Crippen LogP contribution in [0.15, 0.2) is 0 Å². The summed E-state index contributed by atoms with van der Waals surface area (Å²) in [6, 6.07) is 0. The number of hydrogen-bond acceptors (Lipinski definition) is 5. The number of hydroxylamine groups is 2. The first-order valence-electron chi connectivity index (χ1n) is 8.80. The van der Waals surface area contributed by atoms with Gasteiger partial charge in [0.1, 0.15) is 0 Å². The van der Waals surface area contributed by atoms with Crippen LogP contribution in [0.3, 0.4) is 0 Å². The first-order chi connectivity index (χ1) is 11.0. The number of carbonyl (C=O) groups is 1. The number of hydrogen-bond donors (Lipinski definition) is 0. The fourth-order valence-electron chi connectivity index (χ4n) is 2.83. The Labute approximate surface area is 140 Å². The first-order valence-corrected chi connectivity index (χ1v) is 10.5. The molecule has 1 saturated carbocycles. The molecule has 1 aliphatic rings. The van der Waals surface area contributed by atoms with Gasteiger partial charge in [-0.3, -0.25) is 14.2 Å². The Balaban J connectivity index is 2.37. The molecule has 0 aliphatic heterocycles. The van der Waals surface area contributed by atoms with Crippen LogP contribution < -0.4 is 0 Å². The molecule has 23 heavy (non-hydrogen) atoms. The molecule has 0 unspecified atom stereocenters. The van der Waals surface area contributed by atoms with E-state index in [1.54, 1.807) is 13.8 Å². The molecule has 0 bridgehead atoms. The van der Waals surface area contributed by atoms with Crippen LogP contribution in [0.2, 0.25) is 0 Å². The minimum Gasteiger partial charge on any atom is -0.309 e. The Hall–Kier alpha value is -0.420. The van der Waals surface area contributed by atoms with E-state index in [0.29, 0.717) is 44.9 Å². The number of amides is 1. The summed E-state index contributed by atoms with van der Waals surface area (Å²) in [4.78, 5) is 17.4. The molecule has 1 rings (SSSR count). The van der Waals surface area contributed by atoms with Crippen molar-refractivity contribution in [1.82, 2.24) is 5.06 Å². The standard InChI is InChI=1S/C16H32NO5P/c1-4-21-23(19,22-5-2)13-9-12-17(15(3)18)20-14-16-10-7-6-8-11-16/h16H,4-14H2,1-3H3. The molecule has 0 heterocycles. The monoisotopic (exact) mass is 349 g/mol. The zero-order valence-electron chi connectivity index (χ0n) is 14.8. The third kappa shape index (κ3) is 8.30. The Kier molecular flexibility index (Phi) is 10.0. The van der Waals surface area contributed by atoms with E-state index in [1.807, 2.05) is 0 Å². The maximum absolute atomic E-state index is 12.4. The van der Waals surface area contributed by atoms with E-state index in [4.69, 9.17) is 13.9 Å². The van der Waals surface area contributed by atoms with Gasteiger partial charge in [0, 0.05) is 13.5 Å². The minimum atomic E-state index is -3.04. The van der Waals surface area contributed by atoms with Gasteiger partial charge in [0.05, 0.1) is 26.0 Å². The van der Waals surface area contributed by atoms with Crippen molar-refractivity contribution in [2.24, 2.45) is 5.92 Å². The SMILES string of the molecule is CCOP(=O)(CCCN(OCC1CCCCC1)C(C)=O)OCC. The van der Waals surface area contributed by atoms with Gasteiger partial charge in [-0.05, 0) is 39.0 Å². The first kappa shape index (κ1) is 20.6. The highest BCUT2D eigenvalue weighted by molar-refractivity contribution is 7.53. The minimum absolute atomic E-state index is 0.122. The van der Waals surface area contributed by atoms with Gasteiger partial charge in [-0.1, -0.05) is 19.3 Å². The van der Waals surface area contributed by atoms with Crippen LogP contribution in [0.4, 0.5) is 0 Å². The van der Waals surface area contributed by atoms with Crippen molar-refractivity contribution in [3.8, 4) is 0 Å². The normalized spacial score (nSPS) is 16.5. The molecule has 0 aromatic heterocycles. The summed E-state index contributed by atoms with van der Waals surface area (Å²) < 4.78 is 22.9. The van der Waals surface area contributed by atoms with E-state index in [0.717, 1.165) is 0 Å². The summed E-state index contributed by atoms with van der Waals surface area (Å²) in [5, 5.41) is 1.39. The molecule has 0 atom stereocenters. The molecule has 6 nitrogen and oxygen atoms in total. The van der Waals surface area contributed by atoms with Crippen LogP contribution in [0.5, 0.6) is 0 Å². The van der Waals surface area contributed by atoms with E-state index in [1.165, 1.54) is 44.1 Å². The molecule has 0 radical (unpaired) electrons. The average molecular weight is 349 g/mol. The number of nitrogens with zero attached hydrogens (tertiary/aromatic N) is 1. The maximum Gasteiger partial charge on any atom is 0.330 e. The van der Waals surface area contributed by atoms with Gasteiger partial charge < -0.3 is 9.05 Å². The van der Waals surface area contributed by atoms with Gasteiger partial charge in [-0.25, -0.2) is 5.06 Å². The van der Waals surface area contributed by atoms with Crippen molar-refractivity contribution >= 4 is 13.5 Å². The molecule has 136 valence electrons. The molecule has 1 amide bonds. The highest BCUT2D eigenvalue weighted by Gasteiger charge is 2.24. The summed E-state index contributed by atoms with van der Waals surface area (Å²) in [6.07, 6.45) is 6.98. The van der Waals surface area contributed by atoms with Crippen LogP contribution in [0.1, 0.15) is 59.3 Å². The molecule has 0 aromatic rings. The summed E-state index contributed by atoms with van der Waals surface area (Å²) in [5.41, 5.74) is 0. The van der Waals surface area contributed by atoms with Gasteiger partial charge in [0.2, 0.25) is 5.91 Å². The summed E-state index contributed by atoms with van der Waals surface area (Å²) in [5.74, 6) is 0.423.